The van der Waals surface area contributed by atoms with Crippen molar-refractivity contribution >= 4 is 41.2 Å². The minimum Gasteiger partial charge on any atom is -0.493 e. The van der Waals surface area contributed by atoms with E-state index in [2.05, 4.69) is 4.99 Å². The van der Waals surface area contributed by atoms with Gasteiger partial charge in [0, 0.05) is 42.9 Å². The monoisotopic (exact) mass is 775 g/mol. The Morgan fingerprint density at radius 3 is 2.12 bits per heavy atom. The predicted octanol–water partition coefficient (Wildman–Crippen LogP) is 6.67. The molecule has 296 valence electrons. The molecule has 0 saturated heterocycles. The second-order valence-corrected chi connectivity index (χ2v) is 13.8. The van der Waals surface area contributed by atoms with Crippen molar-refractivity contribution in [2.24, 2.45) is 4.99 Å². The highest BCUT2D eigenvalue weighted by molar-refractivity contribution is 6.07. The summed E-state index contributed by atoms with van der Waals surface area (Å²) in [6, 6.07) is 12.3. The van der Waals surface area contributed by atoms with Gasteiger partial charge < -0.3 is 44.3 Å². The van der Waals surface area contributed by atoms with Crippen LogP contribution in [0.25, 0.3) is 0 Å². The number of nitrogens with two attached hydrogens (primary N) is 1. The van der Waals surface area contributed by atoms with Crippen molar-refractivity contribution in [1.82, 2.24) is 9.80 Å². The van der Waals surface area contributed by atoms with Crippen molar-refractivity contribution in [3.8, 4) is 23.0 Å². The lowest BCUT2D eigenvalue weighted by Gasteiger charge is -2.31. The van der Waals surface area contributed by atoms with Crippen LogP contribution < -0.4 is 29.6 Å². The molecule has 3 aromatic rings. The zero-order chi connectivity index (χ0) is 40.2. The normalized spacial score (nSPS) is 19.7. The van der Waals surface area contributed by atoms with Gasteiger partial charge in [-0.25, -0.2) is 9.69 Å². The third kappa shape index (κ3) is 7.81. The van der Waals surface area contributed by atoms with Crippen LogP contribution in [0.4, 0.5) is 21.9 Å². The number of anilines is 2. The molecule has 0 unspecified atom stereocenters. The Kier molecular flexibility index (Phi) is 11.3. The summed E-state index contributed by atoms with van der Waals surface area (Å²) in [4.78, 5) is 50.3. The van der Waals surface area contributed by atoms with Crippen molar-refractivity contribution in [3.63, 3.8) is 0 Å². The Balaban J connectivity index is 1.08. The van der Waals surface area contributed by atoms with E-state index in [1.807, 2.05) is 44.4 Å². The molecule has 0 aliphatic carbocycles. The van der Waals surface area contributed by atoms with Gasteiger partial charge in [-0.3, -0.25) is 14.6 Å². The minimum atomic E-state index is -1.46. The predicted molar refractivity (Wildman–Crippen MR) is 214 cm³/mol. The standard InChI is InChI=1S/C43H45N5O9/c1-5-8-27-16-30-22-45-33-20-38(36(53-3)18-31(33)40(49)46(30)23-27)55-14-7-15-56-39-21-34-32(19-37(39)54-4)41(50)47-24-28(9-6-2)17-35(47)42(51)48(34)43(52)57-25-26-10-12-29(44)13-11-26/h5-6,8-13,18-24,30,35,42,51H,7,14-17,25,44H2,1-4H3/b8-5+,9-6+/t30-,35-,42-/m0/s1. The maximum Gasteiger partial charge on any atom is 0.416 e. The molecule has 7 rings (SSSR count). The number of aliphatic hydroxyl groups excluding tert-OH is 1. The molecule has 3 N–H and O–H groups in total. The molecule has 0 spiro atoms. The summed E-state index contributed by atoms with van der Waals surface area (Å²) in [5, 5.41) is 11.8. The molecule has 14 nitrogen and oxygen atoms in total. The largest absolute Gasteiger partial charge is 0.493 e. The first-order chi connectivity index (χ1) is 27.6. The SMILES string of the molecule is C/C=C/C1=CN2C(=O)c3cc(OC)c(OCCCOc4cc5c(cc4OC)C(=O)N4C=C(/C=C/C)C[C@H]4[C@H](O)N5C(=O)OCc4ccc(N)cc4)cc3N=C[C@@H]2C1. The van der Waals surface area contributed by atoms with E-state index in [4.69, 9.17) is 29.4 Å². The van der Waals surface area contributed by atoms with Crippen molar-refractivity contribution in [2.45, 2.75) is 58.0 Å². The van der Waals surface area contributed by atoms with Crippen LogP contribution in [-0.4, -0.2) is 84.8 Å². The molecule has 0 aromatic heterocycles. The number of amides is 3. The van der Waals surface area contributed by atoms with Gasteiger partial charge in [0.25, 0.3) is 11.8 Å². The number of hydrogen-bond acceptors (Lipinski definition) is 11. The van der Waals surface area contributed by atoms with E-state index in [9.17, 15) is 19.5 Å². The summed E-state index contributed by atoms with van der Waals surface area (Å²) in [5.74, 6) is 0.716. The fourth-order valence-electron chi connectivity index (χ4n) is 7.29. The van der Waals surface area contributed by atoms with Crippen molar-refractivity contribution in [1.29, 1.82) is 0 Å². The quantitative estimate of drug-likeness (QED) is 0.150. The summed E-state index contributed by atoms with van der Waals surface area (Å²) in [5.41, 5.74) is 10.1. The number of nitrogens with zero attached hydrogens (tertiary/aromatic N) is 4. The first-order valence-electron chi connectivity index (χ1n) is 18.7. The Morgan fingerprint density at radius 1 is 0.842 bits per heavy atom. The Bertz CT molecular complexity index is 2210. The summed E-state index contributed by atoms with van der Waals surface area (Å²) >= 11 is 0. The fraction of sp³-hybridized carbons (Fsp3) is 0.302. The Hall–Kier alpha value is -6.54. The van der Waals surface area contributed by atoms with Crippen molar-refractivity contribution in [2.75, 3.05) is 38.1 Å². The minimum absolute atomic E-state index is 0.0900. The molecule has 3 atom stereocenters. The average Bonchev–Trinajstić information content (AvgIpc) is 3.79. The van der Waals surface area contributed by atoms with E-state index in [1.54, 1.807) is 53.7 Å². The second-order valence-electron chi connectivity index (χ2n) is 13.8. The lowest BCUT2D eigenvalue weighted by Crippen LogP contribution is -2.50. The maximum absolute atomic E-state index is 14.1. The number of allylic oxidation sites excluding steroid dienone is 4. The number of aliphatic imine (C=N–C) groups is 1. The zero-order valence-electron chi connectivity index (χ0n) is 32.2. The molecular formula is C43H45N5O9. The van der Waals surface area contributed by atoms with Gasteiger partial charge >= 0.3 is 6.09 Å². The van der Waals surface area contributed by atoms with Crippen LogP contribution in [0.3, 0.4) is 0 Å². The van der Waals surface area contributed by atoms with E-state index >= 15 is 0 Å². The molecule has 4 aliphatic rings. The molecule has 0 saturated carbocycles. The number of fused-ring (bicyclic) bond motifs is 4. The van der Waals surface area contributed by atoms with Gasteiger partial charge in [0.15, 0.2) is 29.2 Å². The highest BCUT2D eigenvalue weighted by Gasteiger charge is 2.45. The first kappa shape index (κ1) is 38.7. The number of methoxy groups -OCH3 is 2. The van der Waals surface area contributed by atoms with Crippen LogP contribution in [-0.2, 0) is 11.3 Å². The molecule has 14 heteroatoms. The van der Waals surface area contributed by atoms with Crippen molar-refractivity contribution < 1.29 is 43.2 Å². The van der Waals surface area contributed by atoms with Crippen LogP contribution >= 0.6 is 0 Å². The average molecular weight is 776 g/mol. The zero-order valence-corrected chi connectivity index (χ0v) is 32.2. The lowest BCUT2D eigenvalue weighted by molar-refractivity contribution is 0.0545. The number of carbonyl (C=O) groups is 3. The Labute approximate surface area is 330 Å². The number of carbonyl (C=O) groups excluding carboxylic acids is 3. The van der Waals surface area contributed by atoms with Crippen LogP contribution in [0, 0.1) is 0 Å². The van der Waals surface area contributed by atoms with E-state index in [-0.39, 0.29) is 54.5 Å². The number of hydrogen-bond donors (Lipinski definition) is 2. The topological polar surface area (TPSA) is 166 Å². The van der Waals surface area contributed by atoms with Gasteiger partial charge in [-0.1, -0.05) is 36.4 Å². The van der Waals surface area contributed by atoms with Gasteiger partial charge in [-0.2, -0.15) is 0 Å². The van der Waals surface area contributed by atoms with E-state index < -0.39 is 24.3 Å². The van der Waals surface area contributed by atoms with Gasteiger partial charge in [0.2, 0.25) is 0 Å². The van der Waals surface area contributed by atoms with Crippen LogP contribution in [0.1, 0.15) is 59.4 Å². The molecular weight excluding hydrogens is 730 g/mol. The van der Waals surface area contributed by atoms with Crippen LogP contribution in [0.5, 0.6) is 23.0 Å². The molecule has 4 heterocycles. The number of ether oxygens (including phenoxy) is 5. The third-order valence-electron chi connectivity index (χ3n) is 10.1. The summed E-state index contributed by atoms with van der Waals surface area (Å²) in [7, 11) is 2.96. The highest BCUT2D eigenvalue weighted by Crippen LogP contribution is 2.43. The smallest absolute Gasteiger partial charge is 0.416 e. The van der Waals surface area contributed by atoms with Gasteiger partial charge in [0.1, 0.15) is 6.61 Å². The second kappa shape index (κ2) is 16.7. The number of aliphatic hydroxyl groups is 1. The van der Waals surface area contributed by atoms with Gasteiger partial charge in [0.05, 0.1) is 62.0 Å². The molecule has 0 fully saturated rings. The molecule has 3 aromatic carbocycles. The fourth-order valence-corrected chi connectivity index (χ4v) is 7.29. The van der Waals surface area contributed by atoms with E-state index in [1.165, 1.54) is 31.3 Å². The first-order valence-corrected chi connectivity index (χ1v) is 18.7. The van der Waals surface area contributed by atoms with Gasteiger partial charge in [-0.05, 0) is 67.7 Å². The number of rotatable bonds is 12. The molecule has 4 aliphatic heterocycles. The number of benzene rings is 3. The maximum atomic E-state index is 14.1. The third-order valence-corrected chi connectivity index (χ3v) is 10.1. The number of nitrogen functional groups attached to an aromatic ring is 1. The summed E-state index contributed by atoms with van der Waals surface area (Å²) in [6.07, 6.45) is 12.1. The highest BCUT2D eigenvalue weighted by atomic mass is 16.6. The van der Waals surface area contributed by atoms with Crippen LogP contribution in [0.15, 0.2) is 101 Å². The van der Waals surface area contributed by atoms with E-state index in [0.29, 0.717) is 53.3 Å². The molecule has 0 radical (unpaired) electrons. The Morgan fingerprint density at radius 2 is 1.46 bits per heavy atom. The summed E-state index contributed by atoms with van der Waals surface area (Å²) < 4.78 is 29.2. The van der Waals surface area contributed by atoms with Crippen LogP contribution in [0.2, 0.25) is 0 Å². The molecule has 0 bridgehead atoms. The summed E-state index contributed by atoms with van der Waals surface area (Å²) in [6.45, 7) is 4.08. The van der Waals surface area contributed by atoms with Gasteiger partial charge in [-0.15, -0.1) is 0 Å². The molecule has 3 amide bonds. The van der Waals surface area contributed by atoms with Crippen molar-refractivity contribution in [3.05, 3.63) is 113 Å². The molecule has 57 heavy (non-hydrogen) atoms. The lowest BCUT2D eigenvalue weighted by atomic mass is 10.1. The van der Waals surface area contributed by atoms with E-state index in [0.717, 1.165) is 16.0 Å².